The second-order valence-electron chi connectivity index (χ2n) is 8.02. The lowest BCUT2D eigenvalue weighted by molar-refractivity contribution is -0.138. The number of benzene rings is 3. The molecule has 0 bridgehead atoms. The van der Waals surface area contributed by atoms with E-state index < -0.39 is 17.9 Å². The number of nitrogens with one attached hydrogen (secondary N) is 2. The number of carbonyl (C=O) groups excluding carboxylic acids is 1. The fourth-order valence-corrected chi connectivity index (χ4v) is 3.61. The number of carboxylic acid groups (broad SMARTS) is 1. The second kappa shape index (κ2) is 9.88. The van der Waals surface area contributed by atoms with Crippen molar-refractivity contribution in [2.75, 3.05) is 5.32 Å². The van der Waals surface area contributed by atoms with Gasteiger partial charge in [0, 0.05) is 22.3 Å². The summed E-state index contributed by atoms with van der Waals surface area (Å²) in [7, 11) is 0. The van der Waals surface area contributed by atoms with E-state index in [4.69, 9.17) is 16.7 Å². The molecule has 0 aliphatic heterocycles. The summed E-state index contributed by atoms with van der Waals surface area (Å²) >= 11 is 6.14. The molecule has 0 saturated carbocycles. The number of carbonyl (C=O) groups is 2. The Balaban J connectivity index is 1.78. The molecule has 5 nitrogen and oxygen atoms in total. The van der Waals surface area contributed by atoms with Gasteiger partial charge in [-0.15, -0.1) is 0 Å². The van der Waals surface area contributed by atoms with Crippen LogP contribution in [0.2, 0.25) is 5.02 Å². The van der Waals surface area contributed by atoms with Crippen LogP contribution in [0.25, 0.3) is 11.1 Å². The smallest absolute Gasteiger partial charge is 0.325 e. The lowest BCUT2D eigenvalue weighted by Crippen LogP contribution is -2.38. The molecule has 0 spiro atoms. The Hall–Kier alpha value is -3.31. The summed E-state index contributed by atoms with van der Waals surface area (Å²) in [5, 5.41) is 15.8. The van der Waals surface area contributed by atoms with Gasteiger partial charge in [-0.1, -0.05) is 48.0 Å². The molecule has 166 valence electrons. The Bertz CT molecular complexity index is 1160. The monoisotopic (exact) mass is 450 g/mol. The van der Waals surface area contributed by atoms with Crippen molar-refractivity contribution in [3.05, 3.63) is 87.9 Å². The van der Waals surface area contributed by atoms with Crippen molar-refractivity contribution in [3.8, 4) is 11.1 Å². The topological polar surface area (TPSA) is 78.4 Å². The van der Waals surface area contributed by atoms with Crippen molar-refractivity contribution in [1.82, 2.24) is 5.32 Å². The zero-order valence-electron chi connectivity index (χ0n) is 18.6. The molecule has 0 heterocycles. The molecule has 3 aromatic carbocycles. The molecule has 0 aromatic heterocycles. The van der Waals surface area contributed by atoms with E-state index in [0.717, 1.165) is 38.5 Å². The first-order chi connectivity index (χ1) is 15.2. The van der Waals surface area contributed by atoms with Gasteiger partial charge in [0.05, 0.1) is 0 Å². The molecule has 3 aromatic rings. The summed E-state index contributed by atoms with van der Waals surface area (Å²) in [5.41, 5.74) is 6.41. The fourth-order valence-electron chi connectivity index (χ4n) is 3.49. The highest BCUT2D eigenvalue weighted by Crippen LogP contribution is 2.28. The number of rotatable bonds is 7. The van der Waals surface area contributed by atoms with Gasteiger partial charge in [-0.3, -0.25) is 9.59 Å². The molecule has 6 heteroatoms. The van der Waals surface area contributed by atoms with Gasteiger partial charge >= 0.3 is 5.97 Å². The van der Waals surface area contributed by atoms with Gasteiger partial charge in [-0.25, -0.2) is 0 Å². The average molecular weight is 451 g/mol. The molecule has 0 aliphatic rings. The molecular weight excluding hydrogens is 424 g/mol. The maximum Gasteiger partial charge on any atom is 0.325 e. The molecule has 2 atom stereocenters. The largest absolute Gasteiger partial charge is 0.480 e. The summed E-state index contributed by atoms with van der Waals surface area (Å²) in [5.74, 6) is -1.47. The van der Waals surface area contributed by atoms with Crippen LogP contribution in [0.1, 0.15) is 46.9 Å². The number of halogens is 1. The third kappa shape index (κ3) is 5.48. The van der Waals surface area contributed by atoms with Gasteiger partial charge < -0.3 is 15.7 Å². The van der Waals surface area contributed by atoms with Crippen LogP contribution in [-0.2, 0) is 4.79 Å². The first kappa shape index (κ1) is 23.4. The lowest BCUT2D eigenvalue weighted by Gasteiger charge is -2.18. The molecule has 0 fully saturated rings. The summed E-state index contributed by atoms with van der Waals surface area (Å²) in [6.45, 7) is 7.38. The molecule has 0 radical (unpaired) electrons. The number of anilines is 1. The van der Waals surface area contributed by atoms with E-state index in [1.807, 2.05) is 56.3 Å². The first-order valence-corrected chi connectivity index (χ1v) is 10.8. The Morgan fingerprint density at radius 3 is 2.28 bits per heavy atom. The third-order valence-corrected chi connectivity index (χ3v) is 5.87. The van der Waals surface area contributed by atoms with Crippen LogP contribution in [0.15, 0.2) is 60.7 Å². The lowest BCUT2D eigenvalue weighted by atomic mass is 9.98. The van der Waals surface area contributed by atoms with Crippen LogP contribution in [0, 0.1) is 13.8 Å². The molecule has 32 heavy (non-hydrogen) atoms. The molecule has 0 saturated heterocycles. The Morgan fingerprint density at radius 1 is 0.906 bits per heavy atom. The Kier molecular flexibility index (Phi) is 7.21. The highest BCUT2D eigenvalue weighted by Gasteiger charge is 2.17. The van der Waals surface area contributed by atoms with Crippen molar-refractivity contribution >= 4 is 29.2 Å². The molecule has 1 amide bonds. The van der Waals surface area contributed by atoms with Crippen LogP contribution < -0.4 is 10.6 Å². The minimum absolute atomic E-state index is 0.102. The van der Waals surface area contributed by atoms with Crippen LogP contribution in [0.5, 0.6) is 0 Å². The van der Waals surface area contributed by atoms with Gasteiger partial charge in [0.2, 0.25) is 0 Å². The zero-order chi connectivity index (χ0) is 23.4. The zero-order valence-corrected chi connectivity index (χ0v) is 19.3. The van der Waals surface area contributed by atoms with Crippen molar-refractivity contribution < 1.29 is 14.7 Å². The van der Waals surface area contributed by atoms with Crippen LogP contribution in [0.3, 0.4) is 0 Å². The fraction of sp³-hybridized carbons (Fsp3) is 0.231. The van der Waals surface area contributed by atoms with Gasteiger partial charge in [-0.05, 0) is 79.8 Å². The third-order valence-electron chi connectivity index (χ3n) is 5.45. The maximum atomic E-state index is 12.4. The second-order valence-corrected chi connectivity index (χ2v) is 8.43. The van der Waals surface area contributed by atoms with Gasteiger partial charge in [0.1, 0.15) is 6.04 Å². The predicted molar refractivity (Wildman–Crippen MR) is 129 cm³/mol. The Labute approximate surface area is 193 Å². The normalized spacial score (nSPS) is 12.7. The first-order valence-electron chi connectivity index (χ1n) is 10.4. The minimum Gasteiger partial charge on any atom is -0.480 e. The summed E-state index contributed by atoms with van der Waals surface area (Å²) in [4.78, 5) is 23.4. The molecule has 3 rings (SSSR count). The number of aryl methyl sites for hydroxylation is 2. The van der Waals surface area contributed by atoms with E-state index in [9.17, 15) is 9.59 Å². The number of carboxylic acids is 1. The van der Waals surface area contributed by atoms with E-state index in [1.165, 1.54) is 6.92 Å². The van der Waals surface area contributed by atoms with E-state index in [1.54, 1.807) is 6.07 Å². The molecule has 3 N–H and O–H groups in total. The van der Waals surface area contributed by atoms with Crippen LogP contribution in [-0.4, -0.2) is 23.0 Å². The standard InChI is InChI=1S/C26H27ClN2O3/c1-15-12-21(8-10-23(15)25(30)29-18(4)26(31)32)20-6-5-7-22(14-20)28-17(3)19-9-11-24(27)16(2)13-19/h5-14,17-18,28H,1-4H3,(H,29,30)(H,31,32)/t17-,18-/m0/s1. The number of amides is 1. The van der Waals surface area contributed by atoms with Crippen molar-refractivity contribution in [2.24, 2.45) is 0 Å². The van der Waals surface area contributed by atoms with Crippen LogP contribution >= 0.6 is 11.6 Å². The quantitative estimate of drug-likeness (QED) is 0.412. The van der Waals surface area contributed by atoms with E-state index in [-0.39, 0.29) is 6.04 Å². The summed E-state index contributed by atoms with van der Waals surface area (Å²) in [6, 6.07) is 18.8. The van der Waals surface area contributed by atoms with E-state index >= 15 is 0 Å². The predicted octanol–water partition coefficient (Wildman–Crippen LogP) is 6.00. The van der Waals surface area contributed by atoms with Gasteiger partial charge in [0.25, 0.3) is 5.91 Å². The number of hydrogen-bond acceptors (Lipinski definition) is 3. The van der Waals surface area contributed by atoms with Crippen LogP contribution in [0.4, 0.5) is 5.69 Å². The number of hydrogen-bond donors (Lipinski definition) is 3. The van der Waals surface area contributed by atoms with Crippen molar-refractivity contribution in [1.29, 1.82) is 0 Å². The highest BCUT2D eigenvalue weighted by molar-refractivity contribution is 6.31. The van der Waals surface area contributed by atoms with Crippen molar-refractivity contribution in [3.63, 3.8) is 0 Å². The van der Waals surface area contributed by atoms with E-state index in [0.29, 0.717) is 5.56 Å². The average Bonchev–Trinajstić information content (AvgIpc) is 2.75. The molecular formula is C26H27ClN2O3. The summed E-state index contributed by atoms with van der Waals surface area (Å²) in [6.07, 6.45) is 0. The number of aliphatic carboxylic acids is 1. The van der Waals surface area contributed by atoms with Crippen molar-refractivity contribution in [2.45, 2.75) is 39.8 Å². The molecule has 0 aliphatic carbocycles. The van der Waals surface area contributed by atoms with E-state index in [2.05, 4.69) is 29.7 Å². The van der Waals surface area contributed by atoms with Gasteiger partial charge in [-0.2, -0.15) is 0 Å². The SMILES string of the molecule is Cc1cc([C@H](C)Nc2cccc(-c3ccc(C(=O)N[C@@H](C)C(=O)O)c(C)c3)c2)ccc1Cl. The maximum absolute atomic E-state index is 12.4. The Morgan fingerprint density at radius 2 is 1.62 bits per heavy atom. The van der Waals surface area contributed by atoms with Gasteiger partial charge in [0.15, 0.2) is 0 Å². The summed E-state index contributed by atoms with van der Waals surface area (Å²) < 4.78 is 0. The molecule has 0 unspecified atom stereocenters. The minimum atomic E-state index is -1.07. The highest BCUT2D eigenvalue weighted by atomic mass is 35.5.